The molecule has 7 nitrogen and oxygen atoms in total. The van der Waals surface area contributed by atoms with Gasteiger partial charge >= 0.3 is 0 Å². The number of hydrogen-bond donors (Lipinski definition) is 0. The normalized spacial score (nSPS) is 33.1. The molecule has 0 saturated carbocycles. The van der Waals surface area contributed by atoms with Crippen LogP contribution < -0.4 is 0 Å². The molecule has 0 N–H and O–H groups in total. The molecule has 3 heterocycles. The second-order valence-electron chi connectivity index (χ2n) is 6.21. The van der Waals surface area contributed by atoms with E-state index in [0.29, 0.717) is 52.2 Å². The predicted octanol–water partition coefficient (Wildman–Crippen LogP) is -0.326. The van der Waals surface area contributed by atoms with Gasteiger partial charge in [-0.3, -0.25) is 4.79 Å². The Morgan fingerprint density at radius 1 is 1.23 bits per heavy atom. The van der Waals surface area contributed by atoms with Crippen molar-refractivity contribution in [2.45, 2.75) is 32.0 Å². The van der Waals surface area contributed by atoms with Crippen molar-refractivity contribution in [1.29, 1.82) is 0 Å². The molecule has 1 amide bonds. The Kier molecular flexibility index (Phi) is 4.72. The Hall–Kier alpha value is -0.700. The second kappa shape index (κ2) is 6.43. The highest BCUT2D eigenvalue weighted by atomic mass is 32.2. The number of hydrogen-bond acceptors (Lipinski definition) is 5. The third kappa shape index (κ3) is 3.15. The van der Waals surface area contributed by atoms with Gasteiger partial charge < -0.3 is 14.4 Å². The molecular formula is C14H24N2O5S. The van der Waals surface area contributed by atoms with E-state index in [4.69, 9.17) is 9.47 Å². The van der Waals surface area contributed by atoms with Gasteiger partial charge in [-0.15, -0.1) is 0 Å². The molecular weight excluding hydrogens is 308 g/mol. The predicted molar refractivity (Wildman–Crippen MR) is 79.8 cm³/mol. The van der Waals surface area contributed by atoms with Crippen molar-refractivity contribution in [3.8, 4) is 0 Å². The first-order valence-corrected chi connectivity index (χ1v) is 9.62. The summed E-state index contributed by atoms with van der Waals surface area (Å²) in [6.07, 6.45) is 0.769. The zero-order chi connectivity index (χ0) is 15.7. The number of ether oxygens (including phenoxy) is 2. The van der Waals surface area contributed by atoms with Crippen LogP contribution in [0.2, 0.25) is 0 Å². The minimum Gasteiger partial charge on any atom is -0.378 e. The van der Waals surface area contributed by atoms with E-state index in [1.165, 1.54) is 4.31 Å². The van der Waals surface area contributed by atoms with Gasteiger partial charge in [0.05, 0.1) is 37.1 Å². The van der Waals surface area contributed by atoms with Gasteiger partial charge in [0.15, 0.2) is 0 Å². The molecule has 0 unspecified atom stereocenters. The van der Waals surface area contributed by atoms with Gasteiger partial charge in [-0.05, 0) is 12.8 Å². The van der Waals surface area contributed by atoms with Crippen LogP contribution in [-0.2, 0) is 24.3 Å². The highest BCUT2D eigenvalue weighted by molar-refractivity contribution is 7.89. The Labute approximate surface area is 131 Å². The van der Waals surface area contributed by atoms with Crippen molar-refractivity contribution < 1.29 is 22.7 Å². The number of amides is 1. The Balaban J connectivity index is 1.67. The topological polar surface area (TPSA) is 76.2 Å². The van der Waals surface area contributed by atoms with Gasteiger partial charge in [-0.1, -0.05) is 6.92 Å². The van der Waals surface area contributed by atoms with E-state index in [-0.39, 0.29) is 29.8 Å². The van der Waals surface area contributed by atoms with E-state index in [1.54, 1.807) is 0 Å². The number of fused-ring (bicyclic) bond motifs is 2. The number of sulfonamides is 1. The van der Waals surface area contributed by atoms with Crippen LogP contribution in [0.3, 0.4) is 0 Å². The average Bonchev–Trinajstić information content (AvgIpc) is 2.81. The minimum atomic E-state index is -3.22. The molecule has 0 aromatic carbocycles. The Bertz CT molecular complexity index is 517. The van der Waals surface area contributed by atoms with Crippen LogP contribution in [0.15, 0.2) is 0 Å². The molecule has 0 aromatic heterocycles. The summed E-state index contributed by atoms with van der Waals surface area (Å²) in [5.74, 6) is 0.0320. The summed E-state index contributed by atoms with van der Waals surface area (Å²) < 4.78 is 37.1. The van der Waals surface area contributed by atoms with Crippen molar-refractivity contribution in [1.82, 2.24) is 9.21 Å². The maximum Gasteiger partial charge on any atom is 0.228 e. The summed E-state index contributed by atoms with van der Waals surface area (Å²) in [7, 11) is -3.22. The fraction of sp³-hybridized carbons (Fsp3) is 0.929. The van der Waals surface area contributed by atoms with Crippen molar-refractivity contribution in [2.24, 2.45) is 5.92 Å². The summed E-state index contributed by atoms with van der Waals surface area (Å²) >= 11 is 0. The molecule has 3 fully saturated rings. The number of carbonyl (C=O) groups is 1. The molecule has 0 spiro atoms. The SMILES string of the molecule is CCCS(=O)(=O)N1C[C@H]2C[C@H](C(=O)N3CCOCC3)[C@@H](C1)O2. The molecule has 3 aliphatic heterocycles. The zero-order valence-electron chi connectivity index (χ0n) is 12.9. The van der Waals surface area contributed by atoms with Gasteiger partial charge in [-0.25, -0.2) is 8.42 Å². The zero-order valence-corrected chi connectivity index (χ0v) is 13.8. The molecule has 0 aliphatic carbocycles. The second-order valence-corrected chi connectivity index (χ2v) is 8.30. The summed E-state index contributed by atoms with van der Waals surface area (Å²) in [6, 6.07) is 0. The van der Waals surface area contributed by atoms with Crippen LogP contribution in [-0.4, -0.2) is 80.9 Å². The van der Waals surface area contributed by atoms with Crippen molar-refractivity contribution >= 4 is 15.9 Å². The molecule has 3 aliphatic rings. The third-order valence-electron chi connectivity index (χ3n) is 4.62. The molecule has 3 saturated heterocycles. The Morgan fingerprint density at radius 3 is 2.64 bits per heavy atom. The molecule has 8 heteroatoms. The number of nitrogens with zero attached hydrogens (tertiary/aromatic N) is 2. The van der Waals surface area contributed by atoms with E-state index < -0.39 is 10.0 Å². The maximum atomic E-state index is 12.6. The fourth-order valence-corrected chi connectivity index (χ4v) is 5.06. The number of morpholine rings is 2. The monoisotopic (exact) mass is 332 g/mol. The van der Waals surface area contributed by atoms with Crippen LogP contribution in [0.5, 0.6) is 0 Å². The number of carbonyl (C=O) groups excluding carboxylic acids is 1. The third-order valence-corrected chi connectivity index (χ3v) is 6.63. The lowest BCUT2D eigenvalue weighted by Crippen LogP contribution is -2.50. The smallest absolute Gasteiger partial charge is 0.228 e. The highest BCUT2D eigenvalue weighted by Crippen LogP contribution is 2.34. The fourth-order valence-electron chi connectivity index (χ4n) is 3.52. The quantitative estimate of drug-likeness (QED) is 0.705. The average molecular weight is 332 g/mol. The molecule has 22 heavy (non-hydrogen) atoms. The van der Waals surface area contributed by atoms with Gasteiger partial charge in [-0.2, -0.15) is 4.31 Å². The van der Waals surface area contributed by atoms with Gasteiger partial charge in [0.1, 0.15) is 0 Å². The number of rotatable bonds is 4. The molecule has 126 valence electrons. The first-order chi connectivity index (χ1) is 10.5. The summed E-state index contributed by atoms with van der Waals surface area (Å²) in [5, 5.41) is 0. The lowest BCUT2D eigenvalue weighted by Gasteiger charge is -2.33. The minimum absolute atomic E-state index is 0.0885. The Morgan fingerprint density at radius 2 is 1.95 bits per heavy atom. The van der Waals surface area contributed by atoms with Gasteiger partial charge in [0.25, 0.3) is 0 Å². The van der Waals surface area contributed by atoms with Crippen LogP contribution in [0.25, 0.3) is 0 Å². The van der Waals surface area contributed by atoms with Gasteiger partial charge in [0.2, 0.25) is 15.9 Å². The molecule has 2 bridgehead atoms. The van der Waals surface area contributed by atoms with Crippen LogP contribution in [0, 0.1) is 5.92 Å². The lowest BCUT2D eigenvalue weighted by molar-refractivity contribution is -0.142. The summed E-state index contributed by atoms with van der Waals surface area (Å²) in [5.41, 5.74) is 0. The standard InChI is InChI=1S/C14H24N2O5S/c1-2-7-22(18,19)16-9-11-8-12(13(10-16)21-11)14(17)15-3-5-20-6-4-15/h11-13H,2-10H2,1H3/t11-,12+,13-/m1/s1. The summed E-state index contributed by atoms with van der Waals surface area (Å²) in [6.45, 7) is 4.92. The van der Waals surface area contributed by atoms with Crippen LogP contribution >= 0.6 is 0 Å². The van der Waals surface area contributed by atoms with Crippen molar-refractivity contribution in [3.05, 3.63) is 0 Å². The van der Waals surface area contributed by atoms with E-state index in [1.807, 2.05) is 11.8 Å². The first kappa shape index (κ1) is 16.2. The van der Waals surface area contributed by atoms with E-state index in [9.17, 15) is 13.2 Å². The molecule has 3 atom stereocenters. The van der Waals surface area contributed by atoms with E-state index in [0.717, 1.165) is 0 Å². The van der Waals surface area contributed by atoms with Crippen LogP contribution in [0.1, 0.15) is 19.8 Å². The first-order valence-electron chi connectivity index (χ1n) is 8.01. The highest BCUT2D eigenvalue weighted by Gasteiger charge is 2.48. The van der Waals surface area contributed by atoms with Crippen molar-refractivity contribution in [3.63, 3.8) is 0 Å². The van der Waals surface area contributed by atoms with Crippen LogP contribution in [0.4, 0.5) is 0 Å². The largest absolute Gasteiger partial charge is 0.378 e. The van der Waals surface area contributed by atoms with E-state index in [2.05, 4.69) is 0 Å². The van der Waals surface area contributed by atoms with E-state index >= 15 is 0 Å². The lowest BCUT2D eigenvalue weighted by atomic mass is 9.98. The molecule has 3 rings (SSSR count). The maximum absolute atomic E-state index is 12.6. The van der Waals surface area contributed by atoms with Gasteiger partial charge in [0, 0.05) is 26.2 Å². The molecule has 0 radical (unpaired) electrons. The van der Waals surface area contributed by atoms with Crippen molar-refractivity contribution in [2.75, 3.05) is 45.1 Å². The summed E-state index contributed by atoms with van der Waals surface area (Å²) in [4.78, 5) is 14.5. The molecule has 0 aromatic rings.